The van der Waals surface area contributed by atoms with E-state index in [-0.39, 0.29) is 11.9 Å². The van der Waals surface area contributed by atoms with Crippen molar-refractivity contribution in [1.29, 1.82) is 0 Å². The normalized spacial score (nSPS) is 11.7. The number of benzene rings is 1. The molecule has 0 spiro atoms. The maximum atomic E-state index is 12.8. The summed E-state index contributed by atoms with van der Waals surface area (Å²) in [5.74, 6) is 0.395. The zero-order valence-corrected chi connectivity index (χ0v) is 18.4. The fraction of sp³-hybridized carbons (Fsp3) is 0.167. The van der Waals surface area contributed by atoms with Crippen LogP contribution in [0.4, 0.5) is 10.9 Å². The highest BCUT2D eigenvalue weighted by molar-refractivity contribution is 7.16. The van der Waals surface area contributed by atoms with E-state index in [2.05, 4.69) is 31.7 Å². The van der Waals surface area contributed by atoms with Crippen LogP contribution in [0.2, 0.25) is 0 Å². The minimum Gasteiger partial charge on any atom is -0.343 e. The molecule has 3 heterocycles. The average Bonchev–Trinajstić information content (AvgIpc) is 3.12. The van der Waals surface area contributed by atoms with Crippen molar-refractivity contribution in [3.05, 3.63) is 99.9 Å². The Kier molecular flexibility index (Phi) is 6.04. The van der Waals surface area contributed by atoms with Crippen molar-refractivity contribution in [2.45, 2.75) is 26.8 Å². The predicted molar refractivity (Wildman–Crippen MR) is 125 cm³/mol. The van der Waals surface area contributed by atoms with Gasteiger partial charge in [-0.15, -0.1) is 11.3 Å². The van der Waals surface area contributed by atoms with Gasteiger partial charge in [-0.3, -0.25) is 9.78 Å². The highest BCUT2D eigenvalue weighted by Gasteiger charge is 2.23. The Morgan fingerprint density at radius 1 is 0.968 bits per heavy atom. The van der Waals surface area contributed by atoms with E-state index in [0.717, 1.165) is 32.4 Å². The van der Waals surface area contributed by atoms with Crippen molar-refractivity contribution in [3.8, 4) is 0 Å². The van der Waals surface area contributed by atoms with Crippen LogP contribution in [0.5, 0.6) is 0 Å². The second kappa shape index (κ2) is 9.06. The molecule has 1 unspecified atom stereocenters. The fourth-order valence-electron chi connectivity index (χ4n) is 3.42. The standard InChI is InChI=1S/C24H23N5OS/c1-15-12-16(2)27-24(26-15)28-21(19-10-7-11-25-14-19)20-13-17(3)31-23(20)29-22(30)18-8-5-4-6-9-18/h4-14,21H,1-3H3,(H,29,30)(H,26,27,28). The van der Waals surface area contributed by atoms with Gasteiger partial charge in [0.05, 0.1) is 6.04 Å². The van der Waals surface area contributed by atoms with E-state index in [1.54, 1.807) is 29.7 Å². The first-order chi connectivity index (χ1) is 15.0. The van der Waals surface area contributed by atoms with Crippen LogP contribution < -0.4 is 10.6 Å². The van der Waals surface area contributed by atoms with Gasteiger partial charge in [0.1, 0.15) is 5.00 Å². The quantitative estimate of drug-likeness (QED) is 0.434. The van der Waals surface area contributed by atoms with Gasteiger partial charge in [-0.25, -0.2) is 9.97 Å². The van der Waals surface area contributed by atoms with Crippen molar-refractivity contribution in [2.75, 3.05) is 10.6 Å². The van der Waals surface area contributed by atoms with Crippen LogP contribution in [0, 0.1) is 20.8 Å². The number of carbonyl (C=O) groups excluding carboxylic acids is 1. The molecule has 6 nitrogen and oxygen atoms in total. The van der Waals surface area contributed by atoms with E-state index >= 15 is 0 Å². The van der Waals surface area contributed by atoms with E-state index in [9.17, 15) is 4.79 Å². The number of aryl methyl sites for hydroxylation is 3. The molecule has 4 aromatic rings. The highest BCUT2D eigenvalue weighted by atomic mass is 32.1. The topological polar surface area (TPSA) is 79.8 Å². The van der Waals surface area contributed by atoms with Crippen molar-refractivity contribution in [3.63, 3.8) is 0 Å². The molecule has 1 atom stereocenters. The summed E-state index contributed by atoms with van der Waals surface area (Å²) in [6, 6.07) is 16.8. The van der Waals surface area contributed by atoms with Gasteiger partial charge in [0.25, 0.3) is 5.91 Å². The number of carbonyl (C=O) groups is 1. The molecule has 0 aliphatic rings. The first-order valence-electron chi connectivity index (χ1n) is 9.95. The zero-order chi connectivity index (χ0) is 21.8. The summed E-state index contributed by atoms with van der Waals surface area (Å²) in [7, 11) is 0. The lowest BCUT2D eigenvalue weighted by Crippen LogP contribution is -2.18. The number of anilines is 2. The SMILES string of the molecule is Cc1cc(C)nc(NC(c2cccnc2)c2cc(C)sc2NC(=O)c2ccccc2)n1. The van der Waals surface area contributed by atoms with Crippen LogP contribution in [0.15, 0.2) is 67.0 Å². The summed E-state index contributed by atoms with van der Waals surface area (Å²) in [4.78, 5) is 27.3. The molecular weight excluding hydrogens is 406 g/mol. The van der Waals surface area contributed by atoms with Crippen molar-refractivity contribution in [2.24, 2.45) is 0 Å². The molecule has 31 heavy (non-hydrogen) atoms. The molecule has 1 amide bonds. The van der Waals surface area contributed by atoms with Gasteiger partial charge in [0.2, 0.25) is 5.95 Å². The molecule has 2 N–H and O–H groups in total. The predicted octanol–water partition coefficient (Wildman–Crippen LogP) is 5.31. The van der Waals surface area contributed by atoms with E-state index in [1.807, 2.05) is 63.4 Å². The highest BCUT2D eigenvalue weighted by Crippen LogP contribution is 2.37. The molecule has 156 valence electrons. The van der Waals surface area contributed by atoms with Crippen LogP contribution in [-0.4, -0.2) is 20.9 Å². The third kappa shape index (κ3) is 4.95. The minimum atomic E-state index is -0.272. The Morgan fingerprint density at radius 2 is 1.71 bits per heavy atom. The van der Waals surface area contributed by atoms with Gasteiger partial charge in [0, 0.05) is 39.8 Å². The van der Waals surface area contributed by atoms with Crippen LogP contribution in [0.1, 0.15) is 43.8 Å². The van der Waals surface area contributed by atoms with Crippen LogP contribution in [0.25, 0.3) is 0 Å². The van der Waals surface area contributed by atoms with Gasteiger partial charge < -0.3 is 10.6 Å². The molecular formula is C24H23N5OS. The summed E-state index contributed by atoms with van der Waals surface area (Å²) in [5, 5.41) is 7.33. The van der Waals surface area contributed by atoms with Crippen LogP contribution in [0.3, 0.4) is 0 Å². The van der Waals surface area contributed by atoms with E-state index in [4.69, 9.17) is 0 Å². The van der Waals surface area contributed by atoms with Crippen molar-refractivity contribution in [1.82, 2.24) is 15.0 Å². The van der Waals surface area contributed by atoms with E-state index < -0.39 is 0 Å². The average molecular weight is 430 g/mol. The third-order valence-electron chi connectivity index (χ3n) is 4.73. The molecule has 3 aromatic heterocycles. The number of hydrogen-bond acceptors (Lipinski definition) is 6. The third-order valence-corrected chi connectivity index (χ3v) is 5.71. The Morgan fingerprint density at radius 3 is 2.39 bits per heavy atom. The Hall–Kier alpha value is -3.58. The Balaban J connectivity index is 1.72. The lowest BCUT2D eigenvalue weighted by Gasteiger charge is -2.20. The first kappa shape index (κ1) is 20.7. The van der Waals surface area contributed by atoms with Gasteiger partial charge in [-0.2, -0.15) is 0 Å². The summed E-state index contributed by atoms with van der Waals surface area (Å²) in [6.45, 7) is 5.92. The monoisotopic (exact) mass is 429 g/mol. The smallest absolute Gasteiger partial charge is 0.256 e. The van der Waals surface area contributed by atoms with E-state index in [0.29, 0.717) is 11.5 Å². The van der Waals surface area contributed by atoms with Gasteiger partial charge in [0.15, 0.2) is 0 Å². The number of pyridine rings is 1. The number of nitrogens with zero attached hydrogens (tertiary/aromatic N) is 3. The van der Waals surface area contributed by atoms with Crippen LogP contribution in [-0.2, 0) is 0 Å². The summed E-state index contributed by atoms with van der Waals surface area (Å²) >= 11 is 1.54. The Labute approximate surface area is 185 Å². The minimum absolute atomic E-state index is 0.142. The van der Waals surface area contributed by atoms with Crippen molar-refractivity contribution >= 4 is 28.2 Å². The molecule has 0 saturated carbocycles. The molecule has 0 fully saturated rings. The second-order valence-corrected chi connectivity index (χ2v) is 8.56. The molecule has 1 aromatic carbocycles. The molecule has 0 saturated heterocycles. The molecule has 7 heteroatoms. The Bertz CT molecular complexity index is 1170. The summed E-state index contributed by atoms with van der Waals surface area (Å²) in [6.07, 6.45) is 3.56. The van der Waals surface area contributed by atoms with Gasteiger partial charge >= 0.3 is 0 Å². The lowest BCUT2D eigenvalue weighted by atomic mass is 10.0. The first-order valence-corrected chi connectivity index (χ1v) is 10.8. The molecule has 0 aliphatic heterocycles. The molecule has 4 rings (SSSR count). The molecule has 0 radical (unpaired) electrons. The summed E-state index contributed by atoms with van der Waals surface area (Å²) < 4.78 is 0. The van der Waals surface area contributed by atoms with Gasteiger partial charge in [-0.05, 0) is 56.7 Å². The van der Waals surface area contributed by atoms with Crippen molar-refractivity contribution < 1.29 is 4.79 Å². The molecule has 0 aliphatic carbocycles. The largest absolute Gasteiger partial charge is 0.343 e. The number of amides is 1. The maximum absolute atomic E-state index is 12.8. The molecule has 0 bridgehead atoms. The zero-order valence-electron chi connectivity index (χ0n) is 17.6. The fourth-order valence-corrected chi connectivity index (χ4v) is 4.36. The lowest BCUT2D eigenvalue weighted by molar-refractivity contribution is 0.102. The number of rotatable bonds is 6. The van der Waals surface area contributed by atoms with E-state index in [1.165, 1.54) is 0 Å². The maximum Gasteiger partial charge on any atom is 0.256 e. The second-order valence-electron chi connectivity index (χ2n) is 7.30. The summed E-state index contributed by atoms with van der Waals surface area (Å²) in [5.41, 5.74) is 4.29. The van der Waals surface area contributed by atoms with Gasteiger partial charge in [-0.1, -0.05) is 24.3 Å². The number of aromatic nitrogens is 3. The number of thiophene rings is 1. The number of hydrogen-bond donors (Lipinski definition) is 2. The van der Waals surface area contributed by atoms with Crippen LogP contribution >= 0.6 is 11.3 Å². The number of nitrogens with one attached hydrogen (secondary N) is 2.